The average molecular weight is 265 g/mol. The number of fused-ring (bicyclic) bond motifs is 1. The van der Waals surface area contributed by atoms with Gasteiger partial charge in [0, 0.05) is 17.6 Å². The second-order valence-electron chi connectivity index (χ2n) is 4.88. The van der Waals surface area contributed by atoms with Crippen molar-refractivity contribution in [2.75, 3.05) is 6.54 Å². The summed E-state index contributed by atoms with van der Waals surface area (Å²) in [6, 6.07) is 0. The topological polar surface area (TPSA) is 29.3 Å². The Morgan fingerprint density at radius 3 is 2.89 bits per heavy atom. The number of nitrogens with zero attached hydrogens (tertiary/aromatic N) is 2. The number of hydrogen-bond acceptors (Lipinski definition) is 3. The van der Waals surface area contributed by atoms with Crippen LogP contribution in [0.5, 0.6) is 0 Å². The van der Waals surface area contributed by atoms with E-state index in [1.807, 2.05) is 0 Å². The molecule has 0 unspecified atom stereocenters. The lowest BCUT2D eigenvalue weighted by Crippen LogP contribution is -2.16. The van der Waals surface area contributed by atoms with Crippen LogP contribution in [-0.4, -0.2) is 15.9 Å². The summed E-state index contributed by atoms with van der Waals surface area (Å²) >= 11 is 1.72. The minimum atomic E-state index is 0.927. The summed E-state index contributed by atoms with van der Waals surface area (Å²) in [5.41, 5.74) is 3.77. The molecule has 0 atom stereocenters. The van der Waals surface area contributed by atoms with Gasteiger partial charge in [0.15, 0.2) is 4.96 Å². The van der Waals surface area contributed by atoms with Gasteiger partial charge in [0.2, 0.25) is 0 Å². The van der Waals surface area contributed by atoms with Crippen molar-refractivity contribution in [3.8, 4) is 0 Å². The van der Waals surface area contributed by atoms with E-state index in [-0.39, 0.29) is 0 Å². The van der Waals surface area contributed by atoms with Crippen LogP contribution < -0.4 is 5.32 Å². The molecular weight excluding hydrogens is 242 g/mol. The molecule has 0 fully saturated rings. The van der Waals surface area contributed by atoms with E-state index in [2.05, 4.69) is 40.9 Å². The predicted molar refractivity (Wildman–Crippen MR) is 78.4 cm³/mol. The molecule has 0 saturated heterocycles. The Bertz CT molecular complexity index is 498. The van der Waals surface area contributed by atoms with E-state index in [4.69, 9.17) is 0 Å². The Morgan fingerprint density at radius 2 is 2.11 bits per heavy atom. The van der Waals surface area contributed by atoms with E-state index < -0.39 is 0 Å². The van der Waals surface area contributed by atoms with Crippen LogP contribution >= 0.6 is 11.3 Å². The number of imidazole rings is 1. The Balaban J connectivity index is 1.91. The highest BCUT2D eigenvalue weighted by Gasteiger charge is 2.11. The number of thiazole rings is 1. The highest BCUT2D eigenvalue weighted by atomic mass is 32.1. The summed E-state index contributed by atoms with van der Waals surface area (Å²) in [7, 11) is 0. The molecule has 2 aromatic heterocycles. The average Bonchev–Trinajstić information content (AvgIpc) is 2.85. The van der Waals surface area contributed by atoms with Gasteiger partial charge in [-0.1, -0.05) is 26.2 Å². The third kappa shape index (κ3) is 2.93. The number of aryl methyl sites for hydroxylation is 2. The van der Waals surface area contributed by atoms with E-state index in [1.165, 1.54) is 37.1 Å². The normalized spacial score (nSPS) is 11.5. The first-order chi connectivity index (χ1) is 8.74. The third-order valence-corrected chi connectivity index (χ3v) is 4.27. The molecule has 2 rings (SSSR count). The van der Waals surface area contributed by atoms with Crippen LogP contribution in [0.1, 0.15) is 49.7 Å². The maximum Gasteiger partial charge on any atom is 0.194 e. The molecule has 18 heavy (non-hydrogen) atoms. The largest absolute Gasteiger partial charge is 0.311 e. The van der Waals surface area contributed by atoms with E-state index in [1.54, 1.807) is 11.3 Å². The minimum absolute atomic E-state index is 0.927. The number of hydrogen-bond donors (Lipinski definition) is 1. The van der Waals surface area contributed by atoms with Crippen LogP contribution in [0.2, 0.25) is 0 Å². The third-order valence-electron chi connectivity index (χ3n) is 3.33. The maximum atomic E-state index is 4.60. The Morgan fingerprint density at radius 1 is 1.28 bits per heavy atom. The molecule has 2 heterocycles. The summed E-state index contributed by atoms with van der Waals surface area (Å²) < 4.78 is 2.28. The van der Waals surface area contributed by atoms with Crippen molar-refractivity contribution in [2.45, 2.75) is 53.0 Å². The summed E-state index contributed by atoms with van der Waals surface area (Å²) in [4.78, 5) is 5.72. The van der Waals surface area contributed by atoms with Crippen LogP contribution in [-0.2, 0) is 6.54 Å². The fourth-order valence-corrected chi connectivity index (χ4v) is 3.19. The van der Waals surface area contributed by atoms with Crippen molar-refractivity contribution in [1.82, 2.24) is 14.7 Å². The first-order valence-corrected chi connectivity index (χ1v) is 7.74. The fraction of sp³-hybridized carbons (Fsp3) is 0.643. The van der Waals surface area contributed by atoms with Crippen molar-refractivity contribution in [1.29, 1.82) is 0 Å². The zero-order valence-corrected chi connectivity index (χ0v) is 12.4. The van der Waals surface area contributed by atoms with Gasteiger partial charge in [0.05, 0.1) is 11.4 Å². The number of aromatic nitrogens is 2. The minimum Gasteiger partial charge on any atom is -0.311 e. The molecular formula is C14H23N3S. The second-order valence-corrected chi connectivity index (χ2v) is 5.71. The molecule has 2 aromatic rings. The Hall–Kier alpha value is -0.870. The van der Waals surface area contributed by atoms with Gasteiger partial charge < -0.3 is 5.32 Å². The van der Waals surface area contributed by atoms with Crippen LogP contribution in [0.15, 0.2) is 5.38 Å². The fourth-order valence-electron chi connectivity index (χ4n) is 2.26. The molecule has 0 aromatic carbocycles. The molecule has 0 aliphatic rings. The molecule has 4 heteroatoms. The quantitative estimate of drug-likeness (QED) is 0.774. The summed E-state index contributed by atoms with van der Waals surface area (Å²) in [6.07, 6.45) is 5.26. The molecule has 3 nitrogen and oxygen atoms in total. The van der Waals surface area contributed by atoms with Gasteiger partial charge in [-0.15, -0.1) is 11.3 Å². The zero-order chi connectivity index (χ0) is 13.0. The van der Waals surface area contributed by atoms with E-state index in [0.29, 0.717) is 0 Å². The number of nitrogens with one attached hydrogen (secondary N) is 1. The summed E-state index contributed by atoms with van der Waals surface area (Å²) in [5.74, 6) is 0. The standard InChI is InChI=1S/C14H23N3S/c1-4-5-6-7-8-15-9-13-12(3)16-14-17(13)11(2)10-18-14/h10,15H,4-9H2,1-3H3. The van der Waals surface area contributed by atoms with Crippen molar-refractivity contribution >= 4 is 16.3 Å². The molecule has 0 aliphatic heterocycles. The van der Waals surface area contributed by atoms with E-state index >= 15 is 0 Å². The molecule has 0 saturated carbocycles. The molecule has 100 valence electrons. The van der Waals surface area contributed by atoms with Gasteiger partial charge in [-0.2, -0.15) is 0 Å². The molecule has 0 amide bonds. The highest BCUT2D eigenvalue weighted by molar-refractivity contribution is 7.15. The Kier molecular flexibility index (Phi) is 4.78. The van der Waals surface area contributed by atoms with Crippen LogP contribution in [0.25, 0.3) is 4.96 Å². The predicted octanol–water partition coefficient (Wildman–Crippen LogP) is 3.68. The molecule has 1 N–H and O–H groups in total. The van der Waals surface area contributed by atoms with Crippen molar-refractivity contribution in [2.24, 2.45) is 0 Å². The van der Waals surface area contributed by atoms with Gasteiger partial charge in [0.25, 0.3) is 0 Å². The van der Waals surface area contributed by atoms with Gasteiger partial charge in [-0.3, -0.25) is 4.40 Å². The monoisotopic (exact) mass is 265 g/mol. The van der Waals surface area contributed by atoms with Gasteiger partial charge in [0.1, 0.15) is 0 Å². The van der Waals surface area contributed by atoms with Crippen molar-refractivity contribution in [3.05, 3.63) is 22.5 Å². The van der Waals surface area contributed by atoms with Crippen LogP contribution in [0, 0.1) is 13.8 Å². The van der Waals surface area contributed by atoms with Gasteiger partial charge in [-0.25, -0.2) is 4.98 Å². The second kappa shape index (κ2) is 6.34. The lowest BCUT2D eigenvalue weighted by Gasteiger charge is -2.06. The SMILES string of the molecule is CCCCCCNCc1c(C)nc2scc(C)n12. The summed E-state index contributed by atoms with van der Waals surface area (Å²) in [6.45, 7) is 8.54. The van der Waals surface area contributed by atoms with Gasteiger partial charge >= 0.3 is 0 Å². The van der Waals surface area contributed by atoms with Gasteiger partial charge in [-0.05, 0) is 26.8 Å². The van der Waals surface area contributed by atoms with E-state index in [9.17, 15) is 0 Å². The summed E-state index contributed by atoms with van der Waals surface area (Å²) in [5, 5.41) is 5.71. The number of unbranched alkanes of at least 4 members (excludes halogenated alkanes) is 3. The smallest absolute Gasteiger partial charge is 0.194 e. The van der Waals surface area contributed by atoms with Crippen LogP contribution in [0.3, 0.4) is 0 Å². The lowest BCUT2D eigenvalue weighted by molar-refractivity contribution is 0.591. The van der Waals surface area contributed by atoms with Crippen molar-refractivity contribution in [3.63, 3.8) is 0 Å². The molecule has 0 aliphatic carbocycles. The molecule has 0 radical (unpaired) electrons. The van der Waals surface area contributed by atoms with E-state index in [0.717, 1.165) is 23.7 Å². The number of rotatable bonds is 7. The maximum absolute atomic E-state index is 4.60. The zero-order valence-electron chi connectivity index (χ0n) is 11.6. The highest BCUT2D eigenvalue weighted by Crippen LogP contribution is 2.20. The Labute approximate surface area is 113 Å². The molecule has 0 bridgehead atoms. The van der Waals surface area contributed by atoms with Crippen molar-refractivity contribution < 1.29 is 0 Å². The first kappa shape index (κ1) is 13.6. The lowest BCUT2D eigenvalue weighted by atomic mass is 10.2. The molecule has 0 spiro atoms. The van der Waals surface area contributed by atoms with Crippen LogP contribution in [0.4, 0.5) is 0 Å². The first-order valence-electron chi connectivity index (χ1n) is 6.86.